The standard InChI is InChI=1S/C105H62BN3/c1-2-26-63(27-3-1)64-50-52-65(53-51-64)107-97-62-92-81(76-36-12-20-44-87(76)104(92)84-41-17-6-30-70(84)71-31-7-18-42-85(71)104)61-93(97)106-101-98(107)59-67(109-94-48-24-13-37-78(94)79-38-14-25-49-95(79)109)60-99(101)108(66-54-55-77-74-34-8-19-43-86(74)103(91(77)58-66)82-39-15-4-28-68(82)69-29-5-16-40-83(69)103)96-57-56-80-75-35-11-23-47-90(75)105(100(80)102(96)106)88-45-21-9-32-72(88)73-33-10-22-46-89(73)105/h1-62H. The minimum absolute atomic E-state index is 0.324. The van der Waals surface area contributed by atoms with Gasteiger partial charge in [-0.2, -0.15) is 0 Å². The van der Waals surface area contributed by atoms with E-state index in [1.807, 2.05) is 0 Å². The van der Waals surface area contributed by atoms with E-state index >= 15 is 0 Å². The number of benzene rings is 17. The Balaban J connectivity index is 0.852. The summed E-state index contributed by atoms with van der Waals surface area (Å²) in [6, 6.07) is 146. The fraction of sp³-hybridized carbons (Fsp3) is 0.0286. The van der Waals surface area contributed by atoms with Crippen molar-refractivity contribution in [2.75, 3.05) is 9.80 Å². The topological polar surface area (TPSA) is 11.4 Å². The average Bonchev–Trinajstić information content (AvgIpc) is 1.57. The molecule has 2 aliphatic heterocycles. The molecule has 3 spiro atoms. The first kappa shape index (κ1) is 58.5. The highest BCUT2D eigenvalue weighted by Gasteiger charge is 2.59. The number of fused-ring (bicyclic) bond motifs is 38. The van der Waals surface area contributed by atoms with Gasteiger partial charge in [0.25, 0.3) is 6.71 Å². The molecule has 3 nitrogen and oxygen atoms in total. The molecule has 0 unspecified atom stereocenters. The molecule has 18 aromatic rings. The molecule has 1 aromatic heterocycles. The number of nitrogens with zero attached hydrogens (tertiary/aromatic N) is 3. The highest BCUT2D eigenvalue weighted by Crippen LogP contribution is 2.68. The van der Waals surface area contributed by atoms with Gasteiger partial charge >= 0.3 is 0 Å². The van der Waals surface area contributed by atoms with Gasteiger partial charge in [0, 0.05) is 44.9 Å². The smallest absolute Gasteiger partial charge is 0.252 e. The summed E-state index contributed by atoms with van der Waals surface area (Å²) in [5.74, 6) is 0. The van der Waals surface area contributed by atoms with E-state index in [0.717, 1.165) is 39.5 Å². The van der Waals surface area contributed by atoms with Gasteiger partial charge in [0.05, 0.1) is 33.0 Å². The Labute approximate surface area is 631 Å². The lowest BCUT2D eigenvalue weighted by Gasteiger charge is -2.47. The second-order valence-corrected chi connectivity index (χ2v) is 31.1. The molecule has 4 heteroatoms. The van der Waals surface area contributed by atoms with Crippen molar-refractivity contribution >= 4 is 79.0 Å². The fourth-order valence-corrected chi connectivity index (χ4v) is 22.8. The van der Waals surface area contributed by atoms with Crippen LogP contribution in [0, 0.1) is 0 Å². The summed E-state index contributed by atoms with van der Waals surface area (Å²) in [6.07, 6.45) is 0. The number of aromatic nitrogens is 1. The first-order valence-corrected chi connectivity index (χ1v) is 38.4. The summed E-state index contributed by atoms with van der Waals surface area (Å²) in [7, 11) is 0. The molecular formula is C105H62BN3. The number of rotatable bonds is 4. The van der Waals surface area contributed by atoms with Crippen LogP contribution in [0.3, 0.4) is 0 Å². The SMILES string of the molecule is c1ccc(-c2ccc(N3c4cc5c(cc4B4c6c3cc(-n3c7ccccc7c7ccccc73)cc6N(c3ccc6c(c3)C3(c7ccccc7-c7ccccc73)c3ccccc3-6)c3ccc6c(c34)C3(c4ccccc4-c4ccccc43)c3ccccc3-6)-c3ccccc3C53c4ccccc4-c4ccccc43)cc2)cc1. The normalized spacial score (nSPS) is 15.0. The molecule has 0 atom stereocenters. The number of para-hydroxylation sites is 2. The minimum Gasteiger partial charge on any atom is -0.311 e. The number of hydrogen-bond donors (Lipinski definition) is 0. The minimum atomic E-state index is -0.715. The summed E-state index contributed by atoms with van der Waals surface area (Å²) in [4.78, 5) is 5.46. The maximum Gasteiger partial charge on any atom is 0.252 e. The Morgan fingerprint density at radius 2 is 0.550 bits per heavy atom. The second-order valence-electron chi connectivity index (χ2n) is 31.1. The third-order valence-corrected chi connectivity index (χ3v) is 26.6. The van der Waals surface area contributed by atoms with Crippen LogP contribution in [-0.2, 0) is 16.2 Å². The summed E-state index contributed by atoms with van der Waals surface area (Å²) in [5, 5.41) is 2.44. The molecule has 0 N–H and O–H groups in total. The first-order valence-electron chi connectivity index (χ1n) is 38.4. The van der Waals surface area contributed by atoms with Gasteiger partial charge in [-0.1, -0.05) is 315 Å². The van der Waals surface area contributed by atoms with Crippen molar-refractivity contribution in [2.24, 2.45) is 0 Å². The zero-order valence-electron chi connectivity index (χ0n) is 59.2. The summed E-state index contributed by atoms with van der Waals surface area (Å²) < 4.78 is 2.57. The van der Waals surface area contributed by atoms with Gasteiger partial charge in [-0.05, 0) is 222 Å². The van der Waals surface area contributed by atoms with Crippen LogP contribution in [-0.4, -0.2) is 11.3 Å². The largest absolute Gasteiger partial charge is 0.311 e. The predicted octanol–water partition coefficient (Wildman–Crippen LogP) is 23.6. The van der Waals surface area contributed by atoms with E-state index in [1.54, 1.807) is 0 Å². The predicted molar refractivity (Wildman–Crippen MR) is 449 cm³/mol. The van der Waals surface area contributed by atoms with Gasteiger partial charge in [0.15, 0.2) is 0 Å². The van der Waals surface area contributed by atoms with Crippen molar-refractivity contribution in [3.63, 3.8) is 0 Å². The van der Waals surface area contributed by atoms with Crippen LogP contribution in [0.2, 0.25) is 0 Å². The highest BCUT2D eigenvalue weighted by molar-refractivity contribution is 7.01. The van der Waals surface area contributed by atoms with Crippen LogP contribution in [0.1, 0.15) is 66.8 Å². The third kappa shape index (κ3) is 6.96. The van der Waals surface area contributed by atoms with Crippen molar-refractivity contribution in [2.45, 2.75) is 16.2 Å². The van der Waals surface area contributed by atoms with Crippen LogP contribution in [0.15, 0.2) is 376 Å². The Hall–Kier alpha value is -13.8. The lowest BCUT2D eigenvalue weighted by Crippen LogP contribution is -2.63. The van der Waals surface area contributed by atoms with E-state index in [-0.39, 0.29) is 6.71 Å². The molecule has 26 rings (SSSR count). The molecule has 17 aromatic carbocycles. The van der Waals surface area contributed by atoms with Crippen LogP contribution < -0.4 is 26.2 Å². The number of hydrogen-bond acceptors (Lipinski definition) is 2. The van der Waals surface area contributed by atoms with Crippen LogP contribution in [0.25, 0.3) is 105 Å². The molecule has 0 amide bonds. The lowest BCUT2D eigenvalue weighted by molar-refractivity contribution is 0.793. The summed E-state index contributed by atoms with van der Waals surface area (Å²) in [5.41, 5.74) is 45.8. The first-order chi connectivity index (χ1) is 54.1. The van der Waals surface area contributed by atoms with Gasteiger partial charge in [-0.15, -0.1) is 0 Å². The zero-order valence-corrected chi connectivity index (χ0v) is 59.2. The molecule has 0 saturated heterocycles. The van der Waals surface area contributed by atoms with Gasteiger partial charge in [-0.25, -0.2) is 0 Å². The van der Waals surface area contributed by atoms with E-state index in [0.29, 0.717) is 0 Å². The fourth-order valence-electron chi connectivity index (χ4n) is 22.8. The third-order valence-electron chi connectivity index (χ3n) is 26.6. The van der Waals surface area contributed by atoms with Gasteiger partial charge in [0.2, 0.25) is 0 Å². The quantitative estimate of drug-likeness (QED) is 0.163. The molecule has 6 aliphatic carbocycles. The monoisotopic (exact) mass is 1380 g/mol. The van der Waals surface area contributed by atoms with E-state index in [4.69, 9.17) is 0 Å². The molecule has 8 aliphatic rings. The lowest BCUT2D eigenvalue weighted by atomic mass is 9.31. The zero-order chi connectivity index (χ0) is 70.7. The Kier molecular flexibility index (Phi) is 11.2. The average molecular weight is 1380 g/mol. The van der Waals surface area contributed by atoms with Gasteiger partial charge in [0.1, 0.15) is 0 Å². The van der Waals surface area contributed by atoms with Crippen molar-refractivity contribution in [1.82, 2.24) is 4.57 Å². The molecule has 109 heavy (non-hydrogen) atoms. The summed E-state index contributed by atoms with van der Waals surface area (Å²) in [6.45, 7) is -0.324. The molecule has 0 saturated carbocycles. The summed E-state index contributed by atoms with van der Waals surface area (Å²) >= 11 is 0. The van der Waals surface area contributed by atoms with Gasteiger partial charge in [-0.3, -0.25) is 0 Å². The maximum atomic E-state index is 2.75. The van der Waals surface area contributed by atoms with E-state index in [1.165, 1.54) is 183 Å². The molecule has 0 bridgehead atoms. The van der Waals surface area contributed by atoms with E-state index < -0.39 is 16.2 Å². The number of anilines is 6. The molecular weight excluding hydrogens is 1310 g/mol. The maximum absolute atomic E-state index is 2.75. The van der Waals surface area contributed by atoms with E-state index in [2.05, 4.69) is 390 Å². The van der Waals surface area contributed by atoms with Crippen molar-refractivity contribution in [1.29, 1.82) is 0 Å². The second kappa shape index (κ2) is 20.8. The van der Waals surface area contributed by atoms with Crippen LogP contribution in [0.5, 0.6) is 0 Å². The molecule has 500 valence electrons. The van der Waals surface area contributed by atoms with Crippen molar-refractivity contribution < 1.29 is 0 Å². The Bertz CT molecular complexity index is 6930. The highest BCUT2D eigenvalue weighted by atomic mass is 15.2. The van der Waals surface area contributed by atoms with Gasteiger partial charge < -0.3 is 14.4 Å². The molecule has 3 heterocycles. The Morgan fingerprint density at radius 1 is 0.202 bits per heavy atom. The molecule has 0 fully saturated rings. The van der Waals surface area contributed by atoms with Crippen molar-refractivity contribution in [3.8, 4) is 83.6 Å². The van der Waals surface area contributed by atoms with E-state index in [9.17, 15) is 0 Å². The molecule has 0 radical (unpaired) electrons. The van der Waals surface area contributed by atoms with Crippen molar-refractivity contribution in [3.05, 3.63) is 443 Å². The van der Waals surface area contributed by atoms with Crippen LogP contribution in [0.4, 0.5) is 34.1 Å². The van der Waals surface area contributed by atoms with Crippen LogP contribution >= 0.6 is 0 Å². The Morgan fingerprint density at radius 3 is 1.02 bits per heavy atom.